The molecule has 0 N–H and O–H groups in total. The van der Waals surface area contributed by atoms with Gasteiger partial charge in [-0.15, -0.1) is 0 Å². The van der Waals surface area contributed by atoms with Gasteiger partial charge in [-0.05, 0) is 49.5 Å². The van der Waals surface area contributed by atoms with Crippen molar-refractivity contribution in [2.45, 2.75) is 37.6 Å². The molecule has 1 saturated carbocycles. The molecule has 3 rings (SSSR count). The molecular weight excluding hydrogens is 276 g/mol. The van der Waals surface area contributed by atoms with Crippen LogP contribution in [0.15, 0.2) is 30.3 Å². The van der Waals surface area contributed by atoms with Crippen LogP contribution in [0.25, 0.3) is 0 Å². The molecule has 0 aromatic heterocycles. The Bertz CT molecular complexity index is 474. The van der Waals surface area contributed by atoms with Gasteiger partial charge in [-0.25, -0.2) is 0 Å². The molecule has 1 saturated heterocycles. The predicted octanol–water partition coefficient (Wildman–Crippen LogP) is 3.90. The molecule has 3 atom stereocenters. The lowest BCUT2D eigenvalue weighted by Crippen LogP contribution is -2.44. The van der Waals surface area contributed by atoms with Gasteiger partial charge in [0.2, 0.25) is 0 Å². The molecule has 2 aliphatic rings. The fourth-order valence-electron chi connectivity index (χ4n) is 3.83. The van der Waals surface area contributed by atoms with Crippen molar-refractivity contribution in [3.05, 3.63) is 35.9 Å². The molecule has 1 aliphatic heterocycles. The second-order valence-corrected chi connectivity index (χ2v) is 7.45. The molecule has 0 amide bonds. The molecule has 2 nitrogen and oxygen atoms in total. The van der Waals surface area contributed by atoms with Crippen LogP contribution in [0.2, 0.25) is 0 Å². The Labute approximate surface area is 132 Å². The number of hydrogen-bond donors (Lipinski definition) is 0. The van der Waals surface area contributed by atoms with Crippen LogP contribution < -0.4 is 0 Å². The van der Waals surface area contributed by atoms with Crippen molar-refractivity contribution >= 4 is 11.8 Å². The fourth-order valence-corrected chi connectivity index (χ4v) is 4.73. The molecule has 112 valence electrons. The summed E-state index contributed by atoms with van der Waals surface area (Å²) in [5.74, 6) is 3.37. The summed E-state index contributed by atoms with van der Waals surface area (Å²) in [6.07, 6.45) is 4.66. The zero-order chi connectivity index (χ0) is 14.5. The molecule has 0 spiro atoms. The third kappa shape index (κ3) is 3.62. The normalized spacial score (nSPS) is 31.3. The molecule has 1 aromatic carbocycles. The standard InChI is InChI=1S/C18H24N2S/c19-14-17-8-7-16(15-5-2-1-3-6-15)13-18(17)20-9-4-11-21-12-10-20/h1-3,5-6,16-18H,4,7-13H2. The lowest BCUT2D eigenvalue weighted by molar-refractivity contribution is 0.126. The average Bonchev–Trinajstić information content (AvgIpc) is 2.84. The lowest BCUT2D eigenvalue weighted by Gasteiger charge is -2.40. The summed E-state index contributed by atoms with van der Waals surface area (Å²) in [4.78, 5) is 2.61. The first-order chi connectivity index (χ1) is 10.4. The van der Waals surface area contributed by atoms with Crippen molar-refractivity contribution in [1.82, 2.24) is 4.90 Å². The van der Waals surface area contributed by atoms with Gasteiger partial charge < -0.3 is 0 Å². The average molecular weight is 300 g/mol. The number of benzene rings is 1. The first kappa shape index (κ1) is 14.9. The molecule has 1 aliphatic carbocycles. The summed E-state index contributed by atoms with van der Waals surface area (Å²) in [6.45, 7) is 2.34. The largest absolute Gasteiger partial charge is 0.298 e. The zero-order valence-corrected chi connectivity index (χ0v) is 13.4. The number of rotatable bonds is 2. The van der Waals surface area contributed by atoms with Gasteiger partial charge in [0.1, 0.15) is 0 Å². The van der Waals surface area contributed by atoms with Crippen molar-refractivity contribution in [1.29, 1.82) is 5.26 Å². The third-order valence-corrected chi connectivity index (χ3v) is 6.03. The Morgan fingerprint density at radius 2 is 1.95 bits per heavy atom. The summed E-state index contributed by atoms with van der Waals surface area (Å²) in [5, 5.41) is 9.54. The van der Waals surface area contributed by atoms with Crippen LogP contribution in [0, 0.1) is 17.2 Å². The highest BCUT2D eigenvalue weighted by Crippen LogP contribution is 2.38. The number of hydrogen-bond acceptors (Lipinski definition) is 3. The van der Waals surface area contributed by atoms with E-state index in [0.717, 1.165) is 19.4 Å². The van der Waals surface area contributed by atoms with Crippen LogP contribution in [0.5, 0.6) is 0 Å². The van der Waals surface area contributed by atoms with Crippen molar-refractivity contribution in [2.75, 3.05) is 24.6 Å². The van der Waals surface area contributed by atoms with E-state index in [-0.39, 0.29) is 5.92 Å². The Kier molecular flexibility index (Phi) is 5.22. The lowest BCUT2D eigenvalue weighted by atomic mass is 9.75. The van der Waals surface area contributed by atoms with E-state index >= 15 is 0 Å². The quantitative estimate of drug-likeness (QED) is 0.829. The summed E-state index contributed by atoms with van der Waals surface area (Å²) >= 11 is 2.06. The van der Waals surface area contributed by atoms with E-state index in [4.69, 9.17) is 0 Å². The van der Waals surface area contributed by atoms with Gasteiger partial charge in [0, 0.05) is 18.3 Å². The van der Waals surface area contributed by atoms with Crippen LogP contribution in [0.1, 0.15) is 37.2 Å². The maximum absolute atomic E-state index is 9.54. The minimum atomic E-state index is 0.230. The van der Waals surface area contributed by atoms with Gasteiger partial charge in [-0.3, -0.25) is 4.90 Å². The van der Waals surface area contributed by atoms with Crippen molar-refractivity contribution in [2.24, 2.45) is 5.92 Å². The maximum atomic E-state index is 9.54. The van der Waals surface area contributed by atoms with Gasteiger partial charge in [-0.2, -0.15) is 17.0 Å². The van der Waals surface area contributed by atoms with Crippen LogP contribution in [0.4, 0.5) is 0 Å². The highest BCUT2D eigenvalue weighted by Gasteiger charge is 2.35. The van der Waals surface area contributed by atoms with Gasteiger partial charge >= 0.3 is 0 Å². The van der Waals surface area contributed by atoms with Crippen LogP contribution >= 0.6 is 11.8 Å². The summed E-state index contributed by atoms with van der Waals surface area (Å²) in [7, 11) is 0. The predicted molar refractivity (Wildman–Crippen MR) is 89.4 cm³/mol. The molecule has 2 fully saturated rings. The van der Waals surface area contributed by atoms with E-state index in [9.17, 15) is 5.26 Å². The van der Waals surface area contributed by atoms with Crippen molar-refractivity contribution < 1.29 is 0 Å². The SMILES string of the molecule is N#CC1CCC(c2ccccc2)CC1N1CCCSCC1. The molecular formula is C18H24N2S. The van der Waals surface area contributed by atoms with Crippen LogP contribution in [0.3, 0.4) is 0 Å². The molecule has 3 heteroatoms. The van der Waals surface area contributed by atoms with Crippen molar-refractivity contribution in [3.63, 3.8) is 0 Å². The zero-order valence-electron chi connectivity index (χ0n) is 12.6. The van der Waals surface area contributed by atoms with Crippen molar-refractivity contribution in [3.8, 4) is 6.07 Å². The smallest absolute Gasteiger partial charge is 0.0672 e. The van der Waals surface area contributed by atoms with Crippen LogP contribution in [-0.2, 0) is 0 Å². The highest BCUT2D eigenvalue weighted by molar-refractivity contribution is 7.99. The van der Waals surface area contributed by atoms with Gasteiger partial charge in [-0.1, -0.05) is 30.3 Å². The highest BCUT2D eigenvalue weighted by atomic mass is 32.2. The van der Waals surface area contributed by atoms with Gasteiger partial charge in [0.05, 0.1) is 12.0 Å². The molecule has 0 bridgehead atoms. The number of thioether (sulfide) groups is 1. The minimum Gasteiger partial charge on any atom is -0.298 e. The molecule has 3 unspecified atom stereocenters. The maximum Gasteiger partial charge on any atom is 0.0672 e. The fraction of sp³-hybridized carbons (Fsp3) is 0.611. The number of nitriles is 1. The monoisotopic (exact) mass is 300 g/mol. The Morgan fingerprint density at radius 1 is 1.10 bits per heavy atom. The van der Waals surface area contributed by atoms with Gasteiger partial charge in [0.25, 0.3) is 0 Å². The summed E-state index contributed by atoms with van der Waals surface area (Å²) < 4.78 is 0. The van der Waals surface area contributed by atoms with Crippen LogP contribution in [-0.4, -0.2) is 35.5 Å². The Hall–Kier alpha value is -0.980. The topological polar surface area (TPSA) is 27.0 Å². The first-order valence-electron chi connectivity index (χ1n) is 8.15. The molecule has 21 heavy (non-hydrogen) atoms. The Balaban J connectivity index is 1.74. The third-order valence-electron chi connectivity index (χ3n) is 4.98. The number of nitrogens with zero attached hydrogens (tertiary/aromatic N) is 2. The summed E-state index contributed by atoms with van der Waals surface area (Å²) in [6, 6.07) is 13.9. The van der Waals surface area contributed by atoms with E-state index in [1.165, 1.54) is 36.5 Å². The second kappa shape index (κ2) is 7.33. The molecule has 0 radical (unpaired) electrons. The van der Waals surface area contributed by atoms with E-state index in [0.29, 0.717) is 12.0 Å². The second-order valence-electron chi connectivity index (χ2n) is 6.23. The van der Waals surface area contributed by atoms with E-state index in [1.54, 1.807) is 0 Å². The Morgan fingerprint density at radius 3 is 2.76 bits per heavy atom. The van der Waals surface area contributed by atoms with Gasteiger partial charge in [0.15, 0.2) is 0 Å². The van der Waals surface area contributed by atoms with E-state index < -0.39 is 0 Å². The molecule has 1 heterocycles. The molecule has 1 aromatic rings. The first-order valence-corrected chi connectivity index (χ1v) is 9.30. The van der Waals surface area contributed by atoms with E-state index in [1.807, 2.05) is 0 Å². The van der Waals surface area contributed by atoms with E-state index in [2.05, 4.69) is 53.1 Å². The summed E-state index contributed by atoms with van der Waals surface area (Å²) in [5.41, 5.74) is 1.46. The minimum absolute atomic E-state index is 0.230.